The van der Waals surface area contributed by atoms with Crippen molar-refractivity contribution in [2.75, 3.05) is 7.11 Å². The van der Waals surface area contributed by atoms with Crippen molar-refractivity contribution < 1.29 is 75.9 Å². The van der Waals surface area contributed by atoms with E-state index in [1.807, 2.05) is 0 Å². The Morgan fingerprint density at radius 2 is 2.12 bits per heavy atom. The standard InChI is InChI=1S/C10H10O5.K/c1-5-3-7(15-2)6(4-11)9(12)8(5)10(13)14;/h3-4,12H,1-2H3,(H,13,14);/q;+1/p-1. The maximum absolute atomic E-state index is 11.5. The molecule has 1 rings (SSSR count). The summed E-state index contributed by atoms with van der Waals surface area (Å²) in [5.74, 6) is -2.06. The third-order valence-electron chi connectivity index (χ3n) is 2.03. The number of hydrogen-bond donors (Lipinski definition) is 1. The molecule has 0 aliphatic rings. The summed E-state index contributed by atoms with van der Waals surface area (Å²) in [5, 5.41) is 20.3. The molecular weight excluding hydrogens is 239 g/mol. The van der Waals surface area contributed by atoms with Gasteiger partial charge in [0.1, 0.15) is 5.75 Å². The Hall–Kier alpha value is -0.404. The second kappa shape index (κ2) is 6.36. The average Bonchev–Trinajstić information content (AvgIpc) is 2.16. The Bertz CT molecular complexity index is 428. The van der Waals surface area contributed by atoms with Gasteiger partial charge >= 0.3 is 57.4 Å². The minimum Gasteiger partial charge on any atom is -0.871 e. The summed E-state index contributed by atoms with van der Waals surface area (Å²) in [6.07, 6.45) is 0.299. The van der Waals surface area contributed by atoms with Crippen molar-refractivity contribution in [3.8, 4) is 11.5 Å². The third-order valence-corrected chi connectivity index (χ3v) is 2.03. The maximum atomic E-state index is 11.5. The first-order valence-electron chi connectivity index (χ1n) is 4.10. The number of benzene rings is 1. The molecule has 16 heavy (non-hydrogen) atoms. The zero-order valence-electron chi connectivity index (χ0n) is 9.23. The van der Waals surface area contributed by atoms with Crippen LogP contribution < -0.4 is 61.2 Å². The maximum Gasteiger partial charge on any atom is 1.00 e. The monoisotopic (exact) mass is 248 g/mol. The van der Waals surface area contributed by atoms with Crippen LogP contribution in [0.25, 0.3) is 0 Å². The van der Waals surface area contributed by atoms with Gasteiger partial charge in [0.2, 0.25) is 0 Å². The van der Waals surface area contributed by atoms with Crippen LogP contribution >= 0.6 is 0 Å². The van der Waals surface area contributed by atoms with Gasteiger partial charge in [-0.15, -0.1) is 0 Å². The van der Waals surface area contributed by atoms with Gasteiger partial charge in [-0.25, -0.2) is 4.79 Å². The molecule has 0 heterocycles. The molecular formula is C10H9KO5. The van der Waals surface area contributed by atoms with E-state index in [2.05, 4.69) is 0 Å². The van der Waals surface area contributed by atoms with Crippen molar-refractivity contribution in [2.45, 2.75) is 6.92 Å². The average molecular weight is 248 g/mol. The SMILES string of the molecule is COc1cc(C)c(C(=O)O)c([O-])c1C=O.[K+]. The van der Waals surface area contributed by atoms with Crippen molar-refractivity contribution in [1.82, 2.24) is 0 Å². The van der Waals surface area contributed by atoms with Gasteiger partial charge in [-0.2, -0.15) is 0 Å². The van der Waals surface area contributed by atoms with Crippen LogP contribution in [0, 0.1) is 6.92 Å². The minimum atomic E-state index is -1.34. The van der Waals surface area contributed by atoms with Gasteiger partial charge in [0.25, 0.3) is 0 Å². The Kier molecular flexibility index (Phi) is 6.20. The molecule has 0 saturated carbocycles. The molecule has 80 valence electrons. The Morgan fingerprint density at radius 1 is 1.56 bits per heavy atom. The van der Waals surface area contributed by atoms with Crippen LogP contribution in [0.1, 0.15) is 26.3 Å². The predicted molar refractivity (Wildman–Crippen MR) is 49.5 cm³/mol. The zero-order valence-corrected chi connectivity index (χ0v) is 12.4. The van der Waals surface area contributed by atoms with Crippen LogP contribution in [0.5, 0.6) is 11.5 Å². The zero-order chi connectivity index (χ0) is 11.6. The number of carboxylic acid groups (broad SMARTS) is 1. The van der Waals surface area contributed by atoms with E-state index in [4.69, 9.17) is 9.84 Å². The fraction of sp³-hybridized carbons (Fsp3) is 0.200. The number of carbonyl (C=O) groups excluding carboxylic acids is 1. The molecule has 0 fully saturated rings. The summed E-state index contributed by atoms with van der Waals surface area (Å²) >= 11 is 0. The molecule has 0 unspecified atom stereocenters. The first-order valence-corrected chi connectivity index (χ1v) is 4.10. The fourth-order valence-corrected chi connectivity index (χ4v) is 1.32. The minimum absolute atomic E-state index is 0. The molecule has 1 aromatic carbocycles. The van der Waals surface area contributed by atoms with Crippen LogP contribution in [0.3, 0.4) is 0 Å². The molecule has 1 N–H and O–H groups in total. The number of rotatable bonds is 3. The largest absolute Gasteiger partial charge is 1.00 e. The number of aromatic carboxylic acids is 1. The summed E-state index contributed by atoms with van der Waals surface area (Å²) in [6.45, 7) is 1.47. The van der Waals surface area contributed by atoms with Crippen LogP contribution in [-0.4, -0.2) is 24.5 Å². The van der Waals surface area contributed by atoms with E-state index in [0.717, 1.165) is 0 Å². The van der Waals surface area contributed by atoms with E-state index in [0.29, 0.717) is 6.29 Å². The number of carboxylic acids is 1. The van der Waals surface area contributed by atoms with Crippen molar-refractivity contribution >= 4 is 12.3 Å². The van der Waals surface area contributed by atoms with Gasteiger partial charge in [0.05, 0.1) is 12.7 Å². The van der Waals surface area contributed by atoms with Crippen molar-refractivity contribution in [3.63, 3.8) is 0 Å². The molecule has 0 atom stereocenters. The summed E-state index contributed by atoms with van der Waals surface area (Å²) in [7, 11) is 1.31. The first-order chi connectivity index (χ1) is 7.02. The summed E-state index contributed by atoms with van der Waals surface area (Å²) < 4.78 is 4.81. The molecule has 0 saturated heterocycles. The van der Waals surface area contributed by atoms with E-state index in [-0.39, 0.29) is 68.3 Å². The van der Waals surface area contributed by atoms with Crippen molar-refractivity contribution in [1.29, 1.82) is 0 Å². The number of methoxy groups -OCH3 is 1. The Morgan fingerprint density at radius 3 is 2.50 bits per heavy atom. The van der Waals surface area contributed by atoms with Gasteiger partial charge in [-0.3, -0.25) is 4.79 Å². The molecule has 0 spiro atoms. The smallest absolute Gasteiger partial charge is 0.871 e. The molecule has 0 amide bonds. The van der Waals surface area contributed by atoms with Gasteiger partial charge in [-0.05, 0) is 18.6 Å². The van der Waals surface area contributed by atoms with Gasteiger partial charge in [-0.1, -0.05) is 5.75 Å². The third kappa shape index (κ3) is 2.83. The van der Waals surface area contributed by atoms with E-state index in [1.165, 1.54) is 20.1 Å². The first kappa shape index (κ1) is 15.6. The molecule has 0 aliphatic carbocycles. The van der Waals surface area contributed by atoms with Crippen molar-refractivity contribution in [3.05, 3.63) is 22.8 Å². The molecule has 5 nitrogen and oxygen atoms in total. The summed E-state index contributed by atoms with van der Waals surface area (Å²) in [4.78, 5) is 21.4. The number of aldehydes is 1. The van der Waals surface area contributed by atoms with Gasteiger partial charge in [0.15, 0.2) is 6.29 Å². The Balaban J connectivity index is 0.00000225. The molecule has 0 aromatic heterocycles. The van der Waals surface area contributed by atoms with Crippen LogP contribution in [0.4, 0.5) is 0 Å². The van der Waals surface area contributed by atoms with Crippen LogP contribution in [0.2, 0.25) is 0 Å². The van der Waals surface area contributed by atoms with Crippen LogP contribution in [-0.2, 0) is 0 Å². The predicted octanol–water partition coefficient (Wildman–Crippen LogP) is -2.41. The topological polar surface area (TPSA) is 86.7 Å². The quantitative estimate of drug-likeness (QED) is 0.475. The second-order valence-corrected chi connectivity index (χ2v) is 2.94. The summed E-state index contributed by atoms with van der Waals surface area (Å²) in [5.41, 5.74) is -0.381. The van der Waals surface area contributed by atoms with Crippen LogP contribution in [0.15, 0.2) is 6.07 Å². The number of carbonyl (C=O) groups is 2. The molecule has 1 aromatic rings. The summed E-state index contributed by atoms with van der Waals surface area (Å²) in [6, 6.07) is 1.36. The fourth-order valence-electron chi connectivity index (χ4n) is 1.32. The number of hydrogen-bond acceptors (Lipinski definition) is 4. The molecule has 0 radical (unpaired) electrons. The molecule has 6 heteroatoms. The molecule has 0 aliphatic heterocycles. The van der Waals surface area contributed by atoms with E-state index in [1.54, 1.807) is 0 Å². The van der Waals surface area contributed by atoms with Gasteiger partial charge in [0, 0.05) is 5.56 Å². The normalized spacial score (nSPS) is 9.12. The molecule has 0 bridgehead atoms. The van der Waals surface area contributed by atoms with Crippen molar-refractivity contribution in [2.24, 2.45) is 0 Å². The number of ether oxygens (including phenoxy) is 1. The Labute approximate surface area is 135 Å². The van der Waals surface area contributed by atoms with Gasteiger partial charge < -0.3 is 14.9 Å². The van der Waals surface area contributed by atoms with E-state index < -0.39 is 17.3 Å². The van der Waals surface area contributed by atoms with E-state index >= 15 is 0 Å². The van der Waals surface area contributed by atoms with E-state index in [9.17, 15) is 14.7 Å². The second-order valence-electron chi connectivity index (χ2n) is 2.94. The number of aryl methyl sites for hydroxylation is 1.